The van der Waals surface area contributed by atoms with E-state index in [0.29, 0.717) is 30.1 Å². The summed E-state index contributed by atoms with van der Waals surface area (Å²) in [6.07, 6.45) is 5.19. The summed E-state index contributed by atoms with van der Waals surface area (Å²) < 4.78 is 11.9. The van der Waals surface area contributed by atoms with E-state index in [1.807, 2.05) is 66.7 Å². The SMILES string of the molecule is N#CC1=C(c2ccccc2)OC2CC1(C1CC1)CC=C2C(=O)OCc1ccccc1. The summed E-state index contributed by atoms with van der Waals surface area (Å²) in [7, 11) is 0. The van der Waals surface area contributed by atoms with Crippen LogP contribution in [0.3, 0.4) is 0 Å². The Balaban J connectivity index is 1.45. The summed E-state index contributed by atoms with van der Waals surface area (Å²) >= 11 is 0. The molecule has 0 spiro atoms. The van der Waals surface area contributed by atoms with Gasteiger partial charge in [-0.05, 0) is 37.2 Å². The van der Waals surface area contributed by atoms with Crippen LogP contribution in [0.1, 0.15) is 36.8 Å². The molecular weight excluding hydrogens is 374 g/mol. The van der Waals surface area contributed by atoms with Gasteiger partial charge in [0, 0.05) is 11.0 Å². The Labute approximate surface area is 176 Å². The molecule has 1 saturated carbocycles. The van der Waals surface area contributed by atoms with E-state index in [4.69, 9.17) is 9.47 Å². The van der Waals surface area contributed by atoms with Gasteiger partial charge in [0.05, 0.1) is 17.2 Å². The van der Waals surface area contributed by atoms with E-state index in [0.717, 1.165) is 29.5 Å². The molecule has 1 aliphatic heterocycles. The lowest BCUT2D eigenvalue weighted by molar-refractivity contribution is -0.142. The standard InChI is InChI=1S/C26H23NO3/c27-16-22-24(19-9-5-2-6-10-19)30-23-15-26(22,20-11-12-20)14-13-21(23)25(28)29-17-18-7-3-1-4-8-18/h1-10,13,20,23H,11-12,14-15,17H2. The Morgan fingerprint density at radius 3 is 2.47 bits per heavy atom. The first kappa shape index (κ1) is 18.7. The maximum Gasteiger partial charge on any atom is 0.337 e. The number of rotatable bonds is 5. The lowest BCUT2D eigenvalue weighted by atomic mass is 9.64. The minimum atomic E-state index is -0.380. The van der Waals surface area contributed by atoms with Crippen LogP contribution in [0.2, 0.25) is 0 Å². The third-order valence-electron chi connectivity index (χ3n) is 6.52. The van der Waals surface area contributed by atoms with E-state index in [2.05, 4.69) is 6.07 Å². The van der Waals surface area contributed by atoms with Gasteiger partial charge in [0.25, 0.3) is 0 Å². The summed E-state index contributed by atoms with van der Waals surface area (Å²) in [5.74, 6) is 0.777. The number of fused-ring (bicyclic) bond motifs is 2. The van der Waals surface area contributed by atoms with Crippen molar-refractivity contribution in [3.8, 4) is 6.07 Å². The molecule has 2 aromatic rings. The molecule has 3 aliphatic rings. The predicted octanol–water partition coefficient (Wildman–Crippen LogP) is 5.18. The number of hydrogen-bond donors (Lipinski definition) is 0. The van der Waals surface area contributed by atoms with Crippen molar-refractivity contribution >= 4 is 11.7 Å². The van der Waals surface area contributed by atoms with Crippen molar-refractivity contribution in [2.45, 2.75) is 38.4 Å². The van der Waals surface area contributed by atoms with Crippen LogP contribution in [0, 0.1) is 22.7 Å². The van der Waals surface area contributed by atoms with Crippen molar-refractivity contribution in [3.05, 3.63) is 89.0 Å². The number of carbonyl (C=O) groups excluding carboxylic acids is 1. The summed E-state index contributed by atoms with van der Waals surface area (Å²) in [4.78, 5) is 12.9. The molecule has 1 heterocycles. The van der Waals surface area contributed by atoms with E-state index < -0.39 is 0 Å². The van der Waals surface area contributed by atoms with E-state index in [9.17, 15) is 10.1 Å². The highest BCUT2D eigenvalue weighted by molar-refractivity contribution is 5.90. The van der Waals surface area contributed by atoms with Gasteiger partial charge in [-0.2, -0.15) is 5.26 Å². The second-order valence-corrected chi connectivity index (χ2v) is 8.35. The fourth-order valence-electron chi connectivity index (χ4n) is 4.84. The van der Waals surface area contributed by atoms with Crippen LogP contribution in [0.4, 0.5) is 0 Å². The summed E-state index contributed by atoms with van der Waals surface area (Å²) in [6.45, 7) is 0.238. The zero-order chi connectivity index (χ0) is 20.6. The molecule has 1 fully saturated rings. The molecule has 5 rings (SSSR count). The maximum absolute atomic E-state index is 12.9. The van der Waals surface area contributed by atoms with Crippen LogP contribution in [0.15, 0.2) is 77.9 Å². The van der Waals surface area contributed by atoms with Crippen LogP contribution in [0.25, 0.3) is 5.76 Å². The van der Waals surface area contributed by atoms with Gasteiger partial charge >= 0.3 is 5.97 Å². The number of allylic oxidation sites excluding steroid dienone is 2. The second-order valence-electron chi connectivity index (χ2n) is 8.35. The smallest absolute Gasteiger partial charge is 0.337 e. The summed E-state index contributed by atoms with van der Waals surface area (Å²) in [6, 6.07) is 21.9. The van der Waals surface area contributed by atoms with Crippen molar-refractivity contribution in [2.24, 2.45) is 11.3 Å². The van der Waals surface area contributed by atoms with Crippen molar-refractivity contribution in [1.29, 1.82) is 5.26 Å². The Kier molecular flexibility index (Phi) is 4.67. The van der Waals surface area contributed by atoms with Crippen LogP contribution in [0.5, 0.6) is 0 Å². The normalized spacial score (nSPS) is 25.0. The lowest BCUT2D eigenvalue weighted by Gasteiger charge is -2.45. The Morgan fingerprint density at radius 1 is 1.10 bits per heavy atom. The first-order valence-electron chi connectivity index (χ1n) is 10.5. The van der Waals surface area contributed by atoms with Gasteiger partial charge in [0.2, 0.25) is 0 Å². The van der Waals surface area contributed by atoms with E-state index in [1.54, 1.807) is 0 Å². The fraction of sp³-hybridized carbons (Fsp3) is 0.308. The molecule has 0 N–H and O–H groups in total. The first-order valence-corrected chi connectivity index (χ1v) is 10.5. The quantitative estimate of drug-likeness (QED) is 0.652. The minimum absolute atomic E-state index is 0.230. The van der Waals surface area contributed by atoms with Gasteiger partial charge in [-0.25, -0.2) is 4.79 Å². The molecule has 2 aliphatic carbocycles. The topological polar surface area (TPSA) is 59.3 Å². The Bertz CT molecular complexity index is 1060. The first-order chi connectivity index (χ1) is 14.7. The molecule has 2 bridgehead atoms. The van der Waals surface area contributed by atoms with E-state index in [1.165, 1.54) is 0 Å². The van der Waals surface area contributed by atoms with Gasteiger partial charge in [0.15, 0.2) is 0 Å². The molecule has 2 atom stereocenters. The molecule has 2 aromatic carbocycles. The summed E-state index contributed by atoms with van der Waals surface area (Å²) in [5, 5.41) is 10.1. The fourth-order valence-corrected chi connectivity index (χ4v) is 4.84. The lowest BCUT2D eigenvalue weighted by Crippen LogP contribution is -2.42. The van der Waals surface area contributed by atoms with Crippen LogP contribution < -0.4 is 0 Å². The molecule has 0 aromatic heterocycles. The van der Waals surface area contributed by atoms with Crippen LogP contribution in [-0.2, 0) is 20.9 Å². The molecule has 4 nitrogen and oxygen atoms in total. The molecule has 2 unspecified atom stereocenters. The number of benzene rings is 2. The monoisotopic (exact) mass is 397 g/mol. The van der Waals surface area contributed by atoms with Crippen molar-refractivity contribution < 1.29 is 14.3 Å². The number of nitriles is 1. The minimum Gasteiger partial charge on any atom is -0.484 e. The zero-order valence-electron chi connectivity index (χ0n) is 16.7. The van der Waals surface area contributed by atoms with Gasteiger partial charge in [-0.15, -0.1) is 0 Å². The summed E-state index contributed by atoms with van der Waals surface area (Å²) in [5.41, 5.74) is 2.93. The Morgan fingerprint density at radius 2 is 1.80 bits per heavy atom. The number of carbonyl (C=O) groups is 1. The number of esters is 1. The van der Waals surface area contributed by atoms with E-state index in [-0.39, 0.29) is 24.1 Å². The predicted molar refractivity (Wildman–Crippen MR) is 113 cm³/mol. The molecule has 4 heteroatoms. The molecule has 0 saturated heterocycles. The Hall–Kier alpha value is -3.32. The highest BCUT2D eigenvalue weighted by Gasteiger charge is 2.55. The number of nitrogens with zero attached hydrogens (tertiary/aromatic N) is 1. The second kappa shape index (κ2) is 7.50. The van der Waals surface area contributed by atoms with Crippen LogP contribution in [-0.4, -0.2) is 12.1 Å². The van der Waals surface area contributed by atoms with Gasteiger partial charge in [0.1, 0.15) is 18.5 Å². The molecule has 150 valence electrons. The van der Waals surface area contributed by atoms with Crippen molar-refractivity contribution in [1.82, 2.24) is 0 Å². The van der Waals surface area contributed by atoms with Gasteiger partial charge in [-0.3, -0.25) is 0 Å². The average Bonchev–Trinajstić information content (AvgIpc) is 3.65. The molecule has 30 heavy (non-hydrogen) atoms. The van der Waals surface area contributed by atoms with Crippen molar-refractivity contribution in [2.75, 3.05) is 0 Å². The zero-order valence-corrected chi connectivity index (χ0v) is 16.7. The van der Waals surface area contributed by atoms with E-state index >= 15 is 0 Å². The third-order valence-corrected chi connectivity index (χ3v) is 6.52. The molecule has 0 radical (unpaired) electrons. The van der Waals surface area contributed by atoms with Gasteiger partial charge in [-0.1, -0.05) is 66.7 Å². The maximum atomic E-state index is 12.9. The number of ether oxygens (including phenoxy) is 2. The third kappa shape index (κ3) is 3.21. The van der Waals surface area contributed by atoms with Crippen molar-refractivity contribution in [3.63, 3.8) is 0 Å². The van der Waals surface area contributed by atoms with Gasteiger partial charge < -0.3 is 9.47 Å². The molecular formula is C26H23NO3. The highest BCUT2D eigenvalue weighted by Crippen LogP contribution is 2.61. The highest BCUT2D eigenvalue weighted by atomic mass is 16.5. The van der Waals surface area contributed by atoms with Crippen LogP contribution >= 0.6 is 0 Å². The molecule has 0 amide bonds. The number of hydrogen-bond acceptors (Lipinski definition) is 4. The average molecular weight is 397 g/mol. The largest absolute Gasteiger partial charge is 0.484 e.